The maximum absolute atomic E-state index is 11.8. The van der Waals surface area contributed by atoms with Gasteiger partial charge in [-0.2, -0.15) is 4.98 Å². The Morgan fingerprint density at radius 1 is 1.59 bits per heavy atom. The zero-order chi connectivity index (χ0) is 11.8. The van der Waals surface area contributed by atoms with E-state index in [4.69, 9.17) is 4.52 Å². The van der Waals surface area contributed by atoms with Crippen LogP contribution in [0.3, 0.4) is 0 Å². The van der Waals surface area contributed by atoms with E-state index in [1.165, 1.54) is 0 Å². The van der Waals surface area contributed by atoms with E-state index in [1.807, 2.05) is 23.0 Å². The lowest BCUT2D eigenvalue weighted by atomic mass is 10.1. The van der Waals surface area contributed by atoms with E-state index in [1.54, 1.807) is 6.92 Å². The second kappa shape index (κ2) is 3.84. The number of carbonyl (C=O) groups excluding carboxylic acids is 1. The van der Waals surface area contributed by atoms with Crippen molar-refractivity contribution in [3.05, 3.63) is 35.7 Å². The molecule has 2 aromatic heterocycles. The molecule has 5 nitrogen and oxygen atoms in total. The third-order valence-electron chi connectivity index (χ3n) is 2.88. The third-order valence-corrected chi connectivity index (χ3v) is 2.88. The Morgan fingerprint density at radius 3 is 3.06 bits per heavy atom. The van der Waals surface area contributed by atoms with Crippen LogP contribution in [0.4, 0.5) is 0 Å². The Labute approximate surface area is 98.4 Å². The van der Waals surface area contributed by atoms with Crippen LogP contribution in [0.25, 0.3) is 0 Å². The van der Waals surface area contributed by atoms with Crippen LogP contribution in [0.2, 0.25) is 0 Å². The van der Waals surface area contributed by atoms with Crippen LogP contribution in [-0.2, 0) is 6.54 Å². The molecule has 1 aliphatic carbocycles. The highest BCUT2D eigenvalue weighted by molar-refractivity contribution is 5.99. The lowest BCUT2D eigenvalue weighted by Crippen LogP contribution is -2.01. The molecule has 3 rings (SSSR count). The van der Waals surface area contributed by atoms with Crippen LogP contribution in [-0.4, -0.2) is 20.5 Å². The molecule has 0 saturated heterocycles. The van der Waals surface area contributed by atoms with Crippen LogP contribution in [0.1, 0.15) is 34.9 Å². The molecule has 0 amide bonds. The topological polar surface area (TPSA) is 60.9 Å². The zero-order valence-electron chi connectivity index (χ0n) is 9.59. The summed E-state index contributed by atoms with van der Waals surface area (Å²) in [6, 6.07) is 1.85. The van der Waals surface area contributed by atoms with Crippen LogP contribution < -0.4 is 0 Å². The minimum absolute atomic E-state index is 0.257. The second-order valence-electron chi connectivity index (χ2n) is 4.44. The van der Waals surface area contributed by atoms with Gasteiger partial charge in [0, 0.05) is 30.8 Å². The summed E-state index contributed by atoms with van der Waals surface area (Å²) in [6.07, 6.45) is 5.80. The Kier molecular flexibility index (Phi) is 2.31. The Hall–Kier alpha value is -1.91. The van der Waals surface area contributed by atoms with E-state index in [2.05, 4.69) is 10.1 Å². The molecule has 17 heavy (non-hydrogen) atoms. The summed E-state index contributed by atoms with van der Waals surface area (Å²) in [6.45, 7) is 2.30. The first-order valence-electron chi connectivity index (χ1n) is 5.71. The first-order valence-corrected chi connectivity index (χ1v) is 5.71. The fourth-order valence-electron chi connectivity index (χ4n) is 1.83. The maximum atomic E-state index is 11.8. The van der Waals surface area contributed by atoms with Gasteiger partial charge in [0.05, 0.1) is 6.54 Å². The molecular formula is C12H13N3O2. The van der Waals surface area contributed by atoms with Crippen molar-refractivity contribution in [2.75, 3.05) is 0 Å². The van der Waals surface area contributed by atoms with Crippen LogP contribution in [0.15, 0.2) is 23.0 Å². The second-order valence-corrected chi connectivity index (χ2v) is 4.44. The van der Waals surface area contributed by atoms with Crippen molar-refractivity contribution in [1.29, 1.82) is 0 Å². The fraction of sp³-hybridized carbons (Fsp3) is 0.417. The van der Waals surface area contributed by atoms with Crippen molar-refractivity contribution in [3.63, 3.8) is 0 Å². The minimum Gasteiger partial charge on any atom is -0.346 e. The third kappa shape index (κ3) is 2.13. The molecule has 0 spiro atoms. The molecule has 0 atom stereocenters. The zero-order valence-corrected chi connectivity index (χ0v) is 9.59. The van der Waals surface area contributed by atoms with Gasteiger partial charge in [-0.3, -0.25) is 4.79 Å². The standard InChI is InChI=1S/C12H13N3O2/c1-8-13-11(14-17-8)7-15-5-4-10(6-15)12(16)9-2-3-9/h4-6,9H,2-3,7H2,1H3. The molecule has 1 fully saturated rings. The number of hydrogen-bond acceptors (Lipinski definition) is 4. The molecule has 0 bridgehead atoms. The molecule has 1 aliphatic rings. The molecule has 88 valence electrons. The monoisotopic (exact) mass is 231 g/mol. The van der Waals surface area contributed by atoms with Crippen LogP contribution in [0, 0.1) is 12.8 Å². The summed E-state index contributed by atoms with van der Waals surface area (Å²) in [5, 5.41) is 3.82. The molecule has 0 unspecified atom stereocenters. The lowest BCUT2D eigenvalue weighted by molar-refractivity contribution is 0.0967. The van der Waals surface area contributed by atoms with Crippen LogP contribution >= 0.6 is 0 Å². The Morgan fingerprint density at radius 2 is 2.41 bits per heavy atom. The molecule has 0 aliphatic heterocycles. The maximum Gasteiger partial charge on any atom is 0.223 e. The summed E-state index contributed by atoms with van der Waals surface area (Å²) in [5.74, 6) is 1.70. The molecule has 0 N–H and O–H groups in total. The molecule has 2 aromatic rings. The normalized spacial score (nSPS) is 15.1. The fourth-order valence-corrected chi connectivity index (χ4v) is 1.83. The smallest absolute Gasteiger partial charge is 0.223 e. The van der Waals surface area contributed by atoms with Crippen molar-refractivity contribution >= 4 is 5.78 Å². The van der Waals surface area contributed by atoms with Gasteiger partial charge in [0.2, 0.25) is 5.89 Å². The molecule has 5 heteroatoms. The average molecular weight is 231 g/mol. The van der Waals surface area contributed by atoms with Gasteiger partial charge in [-0.15, -0.1) is 0 Å². The summed E-state index contributed by atoms with van der Waals surface area (Å²) in [7, 11) is 0. The highest BCUT2D eigenvalue weighted by Crippen LogP contribution is 2.32. The van der Waals surface area contributed by atoms with E-state index in [9.17, 15) is 4.79 Å². The largest absolute Gasteiger partial charge is 0.346 e. The van der Waals surface area contributed by atoms with E-state index < -0.39 is 0 Å². The first kappa shape index (κ1) is 10.3. The number of hydrogen-bond donors (Lipinski definition) is 0. The molecule has 0 radical (unpaired) electrons. The highest BCUT2D eigenvalue weighted by Gasteiger charge is 2.30. The summed E-state index contributed by atoms with van der Waals surface area (Å²) in [5.41, 5.74) is 0.785. The first-order chi connectivity index (χ1) is 8.22. The number of Topliss-reactive ketones (excluding diaryl/α,β-unsaturated/α-hetero) is 1. The van der Waals surface area contributed by atoms with Gasteiger partial charge in [0.1, 0.15) is 0 Å². The van der Waals surface area contributed by atoms with Gasteiger partial charge in [-0.25, -0.2) is 0 Å². The van der Waals surface area contributed by atoms with E-state index >= 15 is 0 Å². The van der Waals surface area contributed by atoms with E-state index in [0.29, 0.717) is 18.3 Å². The van der Waals surface area contributed by atoms with Gasteiger partial charge in [0.15, 0.2) is 11.6 Å². The van der Waals surface area contributed by atoms with Crippen molar-refractivity contribution in [3.8, 4) is 0 Å². The molecular weight excluding hydrogens is 218 g/mol. The Balaban J connectivity index is 1.73. The minimum atomic E-state index is 0.257. The number of aromatic nitrogens is 3. The van der Waals surface area contributed by atoms with E-state index in [0.717, 1.165) is 18.4 Å². The number of carbonyl (C=O) groups is 1. The Bertz CT molecular complexity index is 552. The summed E-state index contributed by atoms with van der Waals surface area (Å²) >= 11 is 0. The van der Waals surface area contributed by atoms with Crippen LogP contribution in [0.5, 0.6) is 0 Å². The lowest BCUT2D eigenvalue weighted by Gasteiger charge is -1.96. The summed E-state index contributed by atoms with van der Waals surface area (Å²) in [4.78, 5) is 15.9. The van der Waals surface area contributed by atoms with Crippen molar-refractivity contribution in [2.45, 2.75) is 26.3 Å². The van der Waals surface area contributed by atoms with Gasteiger partial charge in [-0.05, 0) is 18.9 Å². The predicted molar refractivity (Wildman–Crippen MR) is 59.6 cm³/mol. The van der Waals surface area contributed by atoms with Gasteiger partial charge >= 0.3 is 0 Å². The SMILES string of the molecule is Cc1nc(Cn2ccc(C(=O)C3CC3)c2)no1. The summed E-state index contributed by atoms with van der Waals surface area (Å²) < 4.78 is 6.80. The van der Waals surface area contributed by atoms with Gasteiger partial charge in [0.25, 0.3) is 0 Å². The average Bonchev–Trinajstić information content (AvgIpc) is 2.93. The van der Waals surface area contributed by atoms with Crippen molar-refractivity contribution in [2.24, 2.45) is 5.92 Å². The van der Waals surface area contributed by atoms with E-state index in [-0.39, 0.29) is 11.7 Å². The molecule has 0 aromatic carbocycles. The van der Waals surface area contributed by atoms with Crippen molar-refractivity contribution in [1.82, 2.24) is 14.7 Å². The van der Waals surface area contributed by atoms with Crippen molar-refractivity contribution < 1.29 is 9.32 Å². The quantitative estimate of drug-likeness (QED) is 0.753. The van der Waals surface area contributed by atoms with Gasteiger partial charge in [-0.1, -0.05) is 5.16 Å². The molecule has 1 saturated carbocycles. The highest BCUT2D eigenvalue weighted by atomic mass is 16.5. The van der Waals surface area contributed by atoms with Gasteiger partial charge < -0.3 is 9.09 Å². The number of aryl methyl sites for hydroxylation is 1. The number of nitrogens with zero attached hydrogens (tertiary/aromatic N) is 3. The number of ketones is 1. The molecule has 2 heterocycles. The predicted octanol–water partition coefficient (Wildman–Crippen LogP) is 1.82. The number of rotatable bonds is 4.